The number of carbonyl (C=O) groups excluding carboxylic acids is 1. The molecule has 1 unspecified atom stereocenters. The third-order valence-electron chi connectivity index (χ3n) is 3.64. The van der Waals surface area contributed by atoms with E-state index in [1.807, 2.05) is 28.0 Å². The van der Waals surface area contributed by atoms with Gasteiger partial charge in [-0.2, -0.15) is 0 Å². The third kappa shape index (κ3) is 3.08. The monoisotopic (exact) mass is 274 g/mol. The van der Waals surface area contributed by atoms with Crippen LogP contribution in [0.1, 0.15) is 12.5 Å². The minimum Gasteiger partial charge on any atom is -0.395 e. The third-order valence-corrected chi connectivity index (χ3v) is 3.64. The predicted molar refractivity (Wildman–Crippen MR) is 80.8 cm³/mol. The number of rotatable bonds is 6. The van der Waals surface area contributed by atoms with Crippen LogP contribution in [0.2, 0.25) is 0 Å². The molecule has 0 aliphatic carbocycles. The minimum atomic E-state index is 0.0489. The van der Waals surface area contributed by atoms with E-state index in [0.717, 1.165) is 12.1 Å². The first-order chi connectivity index (χ1) is 9.67. The summed E-state index contributed by atoms with van der Waals surface area (Å²) >= 11 is 0. The first-order valence-electron chi connectivity index (χ1n) is 7.01. The van der Waals surface area contributed by atoms with Crippen molar-refractivity contribution in [1.29, 1.82) is 0 Å². The van der Waals surface area contributed by atoms with Crippen molar-refractivity contribution >= 4 is 11.6 Å². The van der Waals surface area contributed by atoms with E-state index in [9.17, 15) is 4.79 Å². The summed E-state index contributed by atoms with van der Waals surface area (Å²) in [4.78, 5) is 16.3. The van der Waals surface area contributed by atoms with Crippen molar-refractivity contribution in [3.63, 3.8) is 0 Å². The number of amides is 1. The molecule has 20 heavy (non-hydrogen) atoms. The number of carbonyl (C=O) groups is 1. The standard InChI is InChI=1S/C16H22N2O2/c1-3-8-17(9-10-19)12-16(20)18-13(2)11-14-6-4-5-7-15(14)18/h3-7,13,19H,1,8-12H2,2H3. The molecule has 1 aliphatic rings. The van der Waals surface area contributed by atoms with Gasteiger partial charge >= 0.3 is 0 Å². The van der Waals surface area contributed by atoms with Gasteiger partial charge in [0.1, 0.15) is 0 Å². The number of nitrogens with zero attached hydrogens (tertiary/aromatic N) is 2. The van der Waals surface area contributed by atoms with Gasteiger partial charge in [-0.15, -0.1) is 6.58 Å². The molecule has 1 aromatic rings. The molecule has 1 N–H and O–H groups in total. The molecule has 0 bridgehead atoms. The topological polar surface area (TPSA) is 43.8 Å². The smallest absolute Gasteiger partial charge is 0.241 e. The van der Waals surface area contributed by atoms with E-state index in [1.54, 1.807) is 6.08 Å². The summed E-state index contributed by atoms with van der Waals surface area (Å²) in [5, 5.41) is 9.05. The second-order valence-corrected chi connectivity index (χ2v) is 5.19. The van der Waals surface area contributed by atoms with E-state index < -0.39 is 0 Å². The van der Waals surface area contributed by atoms with Crippen molar-refractivity contribution < 1.29 is 9.90 Å². The normalized spacial score (nSPS) is 17.4. The van der Waals surface area contributed by atoms with Crippen LogP contribution < -0.4 is 4.90 Å². The maximum absolute atomic E-state index is 12.5. The van der Waals surface area contributed by atoms with E-state index in [-0.39, 0.29) is 18.6 Å². The quantitative estimate of drug-likeness (QED) is 0.798. The van der Waals surface area contributed by atoms with Crippen LogP contribution in [-0.2, 0) is 11.2 Å². The van der Waals surface area contributed by atoms with Crippen molar-refractivity contribution in [2.45, 2.75) is 19.4 Å². The summed E-state index contributed by atoms with van der Waals surface area (Å²) in [6.45, 7) is 7.22. The van der Waals surface area contributed by atoms with E-state index in [1.165, 1.54) is 5.56 Å². The highest BCUT2D eigenvalue weighted by molar-refractivity contribution is 5.97. The van der Waals surface area contributed by atoms with Gasteiger partial charge in [-0.05, 0) is 25.0 Å². The van der Waals surface area contributed by atoms with Gasteiger partial charge in [-0.3, -0.25) is 9.69 Å². The zero-order valence-electron chi connectivity index (χ0n) is 12.0. The summed E-state index contributed by atoms with van der Waals surface area (Å²) in [7, 11) is 0. The van der Waals surface area contributed by atoms with Gasteiger partial charge in [-0.25, -0.2) is 0 Å². The molecule has 0 spiro atoms. The number of anilines is 1. The van der Waals surface area contributed by atoms with Gasteiger partial charge in [-0.1, -0.05) is 24.3 Å². The molecule has 4 heteroatoms. The van der Waals surface area contributed by atoms with Crippen molar-refractivity contribution in [3.05, 3.63) is 42.5 Å². The van der Waals surface area contributed by atoms with Crippen molar-refractivity contribution in [2.75, 3.05) is 31.1 Å². The van der Waals surface area contributed by atoms with Crippen molar-refractivity contribution in [1.82, 2.24) is 4.90 Å². The van der Waals surface area contributed by atoms with Gasteiger partial charge in [0, 0.05) is 24.8 Å². The van der Waals surface area contributed by atoms with E-state index >= 15 is 0 Å². The fourth-order valence-corrected chi connectivity index (χ4v) is 2.77. The lowest BCUT2D eigenvalue weighted by atomic mass is 10.1. The number of hydrogen-bond acceptors (Lipinski definition) is 3. The highest BCUT2D eigenvalue weighted by Gasteiger charge is 2.30. The summed E-state index contributed by atoms with van der Waals surface area (Å²) in [6.07, 6.45) is 2.66. The molecule has 108 valence electrons. The van der Waals surface area contributed by atoms with Crippen LogP contribution in [0.3, 0.4) is 0 Å². The number of aliphatic hydroxyl groups excluding tert-OH is 1. The molecule has 1 heterocycles. The van der Waals surface area contributed by atoms with E-state index in [2.05, 4.69) is 19.6 Å². The first kappa shape index (κ1) is 14.8. The summed E-state index contributed by atoms with van der Waals surface area (Å²) < 4.78 is 0. The van der Waals surface area contributed by atoms with Crippen LogP contribution in [0.15, 0.2) is 36.9 Å². The molecular formula is C16H22N2O2. The Morgan fingerprint density at radius 2 is 2.30 bits per heavy atom. The number of para-hydroxylation sites is 1. The molecule has 0 radical (unpaired) electrons. The van der Waals surface area contributed by atoms with Gasteiger partial charge < -0.3 is 10.0 Å². The Hall–Kier alpha value is -1.65. The van der Waals surface area contributed by atoms with E-state index in [4.69, 9.17) is 5.11 Å². The molecule has 0 saturated heterocycles. The summed E-state index contributed by atoms with van der Waals surface area (Å²) in [6, 6.07) is 8.25. The molecule has 0 saturated carbocycles. The van der Waals surface area contributed by atoms with Gasteiger partial charge in [0.05, 0.1) is 13.2 Å². The highest BCUT2D eigenvalue weighted by atomic mass is 16.3. The van der Waals surface area contributed by atoms with Crippen molar-refractivity contribution in [3.8, 4) is 0 Å². The van der Waals surface area contributed by atoms with Gasteiger partial charge in [0.2, 0.25) is 5.91 Å². The predicted octanol–water partition coefficient (Wildman–Crippen LogP) is 1.44. The zero-order chi connectivity index (χ0) is 14.5. The Bertz CT molecular complexity index is 487. The molecule has 1 atom stereocenters. The van der Waals surface area contributed by atoms with Gasteiger partial charge in [0.15, 0.2) is 0 Å². The Kier molecular flexibility index (Phi) is 4.93. The average Bonchev–Trinajstić information content (AvgIpc) is 2.75. The van der Waals surface area contributed by atoms with Crippen LogP contribution in [-0.4, -0.2) is 48.2 Å². The Morgan fingerprint density at radius 1 is 1.55 bits per heavy atom. The van der Waals surface area contributed by atoms with E-state index in [0.29, 0.717) is 19.6 Å². The lowest BCUT2D eigenvalue weighted by Crippen LogP contribution is -2.44. The molecule has 4 nitrogen and oxygen atoms in total. The van der Waals surface area contributed by atoms with Crippen molar-refractivity contribution in [2.24, 2.45) is 0 Å². The van der Waals surface area contributed by atoms with Crippen LogP contribution >= 0.6 is 0 Å². The van der Waals surface area contributed by atoms with Crippen LogP contribution in [0, 0.1) is 0 Å². The first-order valence-corrected chi connectivity index (χ1v) is 7.01. The summed E-state index contributed by atoms with van der Waals surface area (Å²) in [5.41, 5.74) is 2.25. The van der Waals surface area contributed by atoms with Crippen LogP contribution in [0.4, 0.5) is 5.69 Å². The van der Waals surface area contributed by atoms with Crippen LogP contribution in [0.5, 0.6) is 0 Å². The van der Waals surface area contributed by atoms with Gasteiger partial charge in [0.25, 0.3) is 0 Å². The molecule has 1 aromatic carbocycles. The molecule has 0 fully saturated rings. The lowest BCUT2D eigenvalue weighted by molar-refractivity contribution is -0.120. The zero-order valence-corrected chi connectivity index (χ0v) is 12.0. The summed E-state index contributed by atoms with van der Waals surface area (Å²) in [5.74, 6) is 0.0813. The number of aliphatic hydroxyl groups is 1. The average molecular weight is 274 g/mol. The number of hydrogen-bond donors (Lipinski definition) is 1. The maximum Gasteiger partial charge on any atom is 0.241 e. The Morgan fingerprint density at radius 3 is 3.00 bits per heavy atom. The molecule has 0 aromatic heterocycles. The molecular weight excluding hydrogens is 252 g/mol. The Balaban J connectivity index is 2.10. The molecule has 1 amide bonds. The Labute approximate surface area is 120 Å². The largest absolute Gasteiger partial charge is 0.395 e. The molecule has 1 aliphatic heterocycles. The SMILES string of the molecule is C=CCN(CCO)CC(=O)N1c2ccccc2CC1C. The second kappa shape index (κ2) is 6.68. The maximum atomic E-state index is 12.5. The highest BCUT2D eigenvalue weighted by Crippen LogP contribution is 2.31. The fourth-order valence-electron chi connectivity index (χ4n) is 2.77. The lowest BCUT2D eigenvalue weighted by Gasteiger charge is -2.26. The number of fused-ring (bicyclic) bond motifs is 1. The minimum absolute atomic E-state index is 0.0489. The molecule has 2 rings (SSSR count). The fraction of sp³-hybridized carbons (Fsp3) is 0.438. The number of benzene rings is 1. The van der Waals surface area contributed by atoms with Crippen LogP contribution in [0.25, 0.3) is 0 Å². The second-order valence-electron chi connectivity index (χ2n) is 5.19.